The van der Waals surface area contributed by atoms with E-state index in [9.17, 15) is 4.39 Å². The number of benzene rings is 1. The van der Waals surface area contributed by atoms with E-state index in [1.807, 2.05) is 0 Å². The molecule has 0 aliphatic carbocycles. The minimum absolute atomic E-state index is 0.0445. The third kappa shape index (κ3) is 2.35. The summed E-state index contributed by atoms with van der Waals surface area (Å²) >= 11 is 0. The van der Waals surface area contributed by atoms with E-state index in [1.54, 1.807) is 18.2 Å². The molecule has 0 spiro atoms. The summed E-state index contributed by atoms with van der Waals surface area (Å²) in [5, 5.41) is 0. The van der Waals surface area contributed by atoms with Crippen LogP contribution in [0.25, 0.3) is 0 Å². The van der Waals surface area contributed by atoms with Gasteiger partial charge >= 0.3 is 0 Å². The van der Waals surface area contributed by atoms with Crippen LogP contribution >= 0.6 is 0 Å². The number of nitrogens with two attached hydrogens (primary N) is 1. The lowest BCUT2D eigenvalue weighted by molar-refractivity contribution is 0.0884. The molecule has 2 bridgehead atoms. The average Bonchev–Trinajstić information content (AvgIpc) is 3.03. The van der Waals surface area contributed by atoms with Crippen LogP contribution in [0.15, 0.2) is 18.2 Å². The summed E-state index contributed by atoms with van der Waals surface area (Å²) in [6.45, 7) is 0. The van der Waals surface area contributed by atoms with Gasteiger partial charge in [0.05, 0.1) is 19.3 Å². The maximum Gasteiger partial charge on any atom is 0.168 e. The Morgan fingerprint density at radius 3 is 2.95 bits per heavy atom. The molecule has 2 heterocycles. The molecule has 19 heavy (non-hydrogen) atoms. The van der Waals surface area contributed by atoms with Gasteiger partial charge in [0.2, 0.25) is 0 Å². The van der Waals surface area contributed by atoms with Crippen molar-refractivity contribution in [3.05, 3.63) is 29.6 Å². The van der Waals surface area contributed by atoms with Gasteiger partial charge in [-0.1, -0.05) is 12.1 Å². The van der Waals surface area contributed by atoms with Crippen LogP contribution in [-0.2, 0) is 11.2 Å². The molecule has 2 N–H and O–H groups in total. The molecule has 2 aliphatic heterocycles. The van der Waals surface area contributed by atoms with E-state index in [4.69, 9.17) is 15.2 Å². The monoisotopic (exact) mass is 265 g/mol. The standard InChI is InChI=1S/C15H20FNO2/c1-18-14-4-2-3-9(15(14)16)7-12(17)11-8-10-5-6-13(11)19-10/h2-4,10-13H,5-8,17H2,1H3. The van der Waals surface area contributed by atoms with E-state index in [0.717, 1.165) is 19.3 Å². The van der Waals surface area contributed by atoms with Crippen LogP contribution in [0.4, 0.5) is 4.39 Å². The molecule has 1 aromatic carbocycles. The first-order valence-corrected chi connectivity index (χ1v) is 6.91. The van der Waals surface area contributed by atoms with Crippen LogP contribution < -0.4 is 10.5 Å². The van der Waals surface area contributed by atoms with Gasteiger partial charge in [-0.15, -0.1) is 0 Å². The zero-order valence-electron chi connectivity index (χ0n) is 11.1. The third-order valence-corrected chi connectivity index (χ3v) is 4.42. The van der Waals surface area contributed by atoms with Crippen molar-refractivity contribution in [2.75, 3.05) is 7.11 Å². The predicted molar refractivity (Wildman–Crippen MR) is 70.6 cm³/mol. The van der Waals surface area contributed by atoms with Gasteiger partial charge in [0.1, 0.15) is 0 Å². The van der Waals surface area contributed by atoms with Crippen LogP contribution in [0.2, 0.25) is 0 Å². The molecule has 4 heteroatoms. The number of methoxy groups -OCH3 is 1. The molecule has 0 radical (unpaired) electrons. The van der Waals surface area contributed by atoms with Crippen molar-refractivity contribution >= 4 is 0 Å². The van der Waals surface area contributed by atoms with Gasteiger partial charge in [-0.05, 0) is 37.3 Å². The number of hydrogen-bond acceptors (Lipinski definition) is 3. The van der Waals surface area contributed by atoms with Crippen LogP contribution in [0, 0.1) is 11.7 Å². The SMILES string of the molecule is COc1cccc(CC(N)C2CC3CCC2O3)c1F. The Morgan fingerprint density at radius 2 is 2.32 bits per heavy atom. The molecule has 2 saturated heterocycles. The molecule has 3 nitrogen and oxygen atoms in total. The quantitative estimate of drug-likeness (QED) is 0.908. The second-order valence-corrected chi connectivity index (χ2v) is 5.57. The number of halogens is 1. The van der Waals surface area contributed by atoms with Crippen LogP contribution in [0.5, 0.6) is 5.75 Å². The average molecular weight is 265 g/mol. The second kappa shape index (κ2) is 5.10. The Morgan fingerprint density at radius 1 is 1.47 bits per heavy atom. The topological polar surface area (TPSA) is 44.5 Å². The van der Waals surface area contributed by atoms with Crippen LogP contribution in [0.1, 0.15) is 24.8 Å². The summed E-state index contributed by atoms with van der Waals surface area (Å²) in [5.41, 5.74) is 6.90. The molecule has 2 aliphatic rings. The Hall–Kier alpha value is -1.13. The van der Waals surface area contributed by atoms with Gasteiger partial charge in [-0.25, -0.2) is 4.39 Å². The van der Waals surface area contributed by atoms with E-state index in [1.165, 1.54) is 7.11 Å². The fourth-order valence-corrected chi connectivity index (χ4v) is 3.40. The third-order valence-electron chi connectivity index (χ3n) is 4.42. The maximum absolute atomic E-state index is 14.1. The van der Waals surface area contributed by atoms with Crippen molar-refractivity contribution in [2.45, 2.75) is 43.9 Å². The minimum Gasteiger partial charge on any atom is -0.494 e. The van der Waals surface area contributed by atoms with Crippen molar-refractivity contribution < 1.29 is 13.9 Å². The summed E-state index contributed by atoms with van der Waals surface area (Å²) in [4.78, 5) is 0. The highest BCUT2D eigenvalue weighted by molar-refractivity contribution is 5.31. The Balaban J connectivity index is 1.71. The van der Waals surface area contributed by atoms with Crippen molar-refractivity contribution in [3.8, 4) is 5.75 Å². The normalized spacial score (nSPS) is 30.6. The predicted octanol–water partition coefficient (Wildman–Crippen LogP) is 2.27. The molecule has 0 aromatic heterocycles. The van der Waals surface area contributed by atoms with Crippen molar-refractivity contribution in [3.63, 3.8) is 0 Å². The number of rotatable bonds is 4. The second-order valence-electron chi connectivity index (χ2n) is 5.57. The summed E-state index contributed by atoms with van der Waals surface area (Å²) < 4.78 is 24.9. The molecule has 4 atom stereocenters. The fraction of sp³-hybridized carbons (Fsp3) is 0.600. The van der Waals surface area contributed by atoms with Crippen LogP contribution in [-0.4, -0.2) is 25.4 Å². The lowest BCUT2D eigenvalue weighted by Crippen LogP contribution is -2.38. The van der Waals surface area contributed by atoms with Gasteiger partial charge in [0.25, 0.3) is 0 Å². The smallest absolute Gasteiger partial charge is 0.168 e. The molecule has 0 saturated carbocycles. The zero-order chi connectivity index (χ0) is 13.4. The van der Waals surface area contributed by atoms with E-state index >= 15 is 0 Å². The lowest BCUT2D eigenvalue weighted by Gasteiger charge is -2.25. The molecule has 104 valence electrons. The van der Waals surface area contributed by atoms with E-state index in [-0.39, 0.29) is 23.7 Å². The first kappa shape index (κ1) is 12.9. The Bertz CT molecular complexity index is 465. The Kier molecular flexibility index (Phi) is 3.46. The van der Waals surface area contributed by atoms with Crippen molar-refractivity contribution in [1.29, 1.82) is 0 Å². The summed E-state index contributed by atoms with van der Waals surface area (Å²) in [5.74, 6) is 0.364. The minimum atomic E-state index is -0.287. The van der Waals surface area contributed by atoms with E-state index < -0.39 is 0 Å². The molecule has 3 rings (SSSR count). The molecule has 1 aromatic rings. The summed E-state index contributed by atoms with van der Waals surface area (Å²) in [6, 6.07) is 5.18. The number of ether oxygens (including phenoxy) is 2. The van der Waals surface area contributed by atoms with Gasteiger partial charge in [-0.3, -0.25) is 0 Å². The van der Waals surface area contributed by atoms with E-state index in [0.29, 0.717) is 24.0 Å². The van der Waals surface area contributed by atoms with Gasteiger partial charge < -0.3 is 15.2 Å². The molecule has 0 amide bonds. The van der Waals surface area contributed by atoms with Gasteiger partial charge in [0, 0.05) is 12.0 Å². The summed E-state index contributed by atoms with van der Waals surface area (Å²) in [6.07, 6.45) is 4.49. The molecule has 2 fully saturated rings. The lowest BCUT2D eigenvalue weighted by atomic mass is 9.82. The molecule has 4 unspecified atom stereocenters. The first-order valence-electron chi connectivity index (χ1n) is 6.91. The highest BCUT2D eigenvalue weighted by Gasteiger charge is 2.43. The van der Waals surface area contributed by atoms with Gasteiger partial charge in [0.15, 0.2) is 11.6 Å². The maximum atomic E-state index is 14.1. The summed E-state index contributed by atoms with van der Waals surface area (Å²) in [7, 11) is 1.48. The van der Waals surface area contributed by atoms with Crippen molar-refractivity contribution in [1.82, 2.24) is 0 Å². The van der Waals surface area contributed by atoms with Gasteiger partial charge in [-0.2, -0.15) is 0 Å². The van der Waals surface area contributed by atoms with E-state index in [2.05, 4.69) is 0 Å². The Labute approximate surface area is 112 Å². The molecular formula is C15H20FNO2. The van der Waals surface area contributed by atoms with Crippen molar-refractivity contribution in [2.24, 2.45) is 11.7 Å². The first-order chi connectivity index (χ1) is 9.19. The van der Waals surface area contributed by atoms with Crippen LogP contribution in [0.3, 0.4) is 0 Å². The fourth-order valence-electron chi connectivity index (χ4n) is 3.40. The highest BCUT2D eigenvalue weighted by Crippen LogP contribution is 2.40. The molecular weight excluding hydrogens is 245 g/mol. The largest absolute Gasteiger partial charge is 0.494 e. The zero-order valence-corrected chi connectivity index (χ0v) is 11.1. The number of fused-ring (bicyclic) bond motifs is 2. The number of hydrogen-bond donors (Lipinski definition) is 1. The highest BCUT2D eigenvalue weighted by atomic mass is 19.1.